The molecule has 2 saturated heterocycles. The van der Waals surface area contributed by atoms with Crippen molar-refractivity contribution in [2.75, 3.05) is 46.3 Å². The number of piperidine rings is 1. The molecule has 2 N–H and O–H groups in total. The maximum Gasteiger partial charge on any atom is 0.320 e. The van der Waals surface area contributed by atoms with Crippen LogP contribution < -0.4 is 10.6 Å². The first-order valence-electron chi connectivity index (χ1n) is 6.68. The number of nitrogens with zero attached hydrogens (tertiary/aromatic N) is 2. The van der Waals surface area contributed by atoms with Crippen molar-refractivity contribution in [1.29, 1.82) is 0 Å². The maximum absolute atomic E-state index is 12.3. The van der Waals surface area contributed by atoms with Crippen molar-refractivity contribution in [1.82, 2.24) is 20.4 Å². The van der Waals surface area contributed by atoms with Gasteiger partial charge in [0.2, 0.25) is 5.91 Å². The zero-order valence-corrected chi connectivity index (χ0v) is 10.9. The van der Waals surface area contributed by atoms with Gasteiger partial charge >= 0.3 is 6.03 Å². The van der Waals surface area contributed by atoms with Crippen LogP contribution in [0.5, 0.6) is 0 Å². The molecule has 6 nitrogen and oxygen atoms in total. The topological polar surface area (TPSA) is 64.7 Å². The fraction of sp³-hybridized carbons (Fsp3) is 0.833. The van der Waals surface area contributed by atoms with Crippen LogP contribution in [-0.2, 0) is 4.79 Å². The van der Waals surface area contributed by atoms with E-state index < -0.39 is 0 Å². The average molecular weight is 254 g/mol. The molecule has 6 heteroatoms. The number of carbonyl (C=O) groups excluding carboxylic acids is 2. The molecule has 0 spiro atoms. The second-order valence-corrected chi connectivity index (χ2v) is 4.92. The molecule has 2 aliphatic rings. The number of nitrogens with one attached hydrogen (secondary N) is 2. The van der Waals surface area contributed by atoms with Gasteiger partial charge < -0.3 is 20.4 Å². The molecule has 0 saturated carbocycles. The van der Waals surface area contributed by atoms with Crippen molar-refractivity contribution in [2.45, 2.75) is 12.8 Å². The van der Waals surface area contributed by atoms with Crippen molar-refractivity contribution in [3.8, 4) is 0 Å². The zero-order chi connectivity index (χ0) is 13.0. The molecule has 2 aliphatic heterocycles. The van der Waals surface area contributed by atoms with Crippen LogP contribution in [0.4, 0.5) is 4.79 Å². The molecule has 102 valence electrons. The van der Waals surface area contributed by atoms with Crippen molar-refractivity contribution in [3.05, 3.63) is 0 Å². The molecule has 3 amide bonds. The predicted octanol–water partition coefficient (Wildman–Crippen LogP) is -0.530. The third kappa shape index (κ3) is 2.93. The van der Waals surface area contributed by atoms with Gasteiger partial charge in [0.25, 0.3) is 0 Å². The number of likely N-dealkylation sites (tertiary alicyclic amines) is 1. The lowest BCUT2D eigenvalue weighted by Gasteiger charge is -2.37. The lowest BCUT2D eigenvalue weighted by molar-refractivity contribution is -0.125. The quantitative estimate of drug-likeness (QED) is 0.661. The van der Waals surface area contributed by atoms with E-state index in [1.54, 1.807) is 7.05 Å². The zero-order valence-electron chi connectivity index (χ0n) is 10.9. The summed E-state index contributed by atoms with van der Waals surface area (Å²) in [7, 11) is 1.65. The van der Waals surface area contributed by atoms with Crippen LogP contribution in [0, 0.1) is 5.92 Å². The molecule has 0 aromatic rings. The molecule has 0 radical (unpaired) electrons. The standard InChI is InChI=1S/C12H22N4O2/c1-13-11(17)10-3-2-6-16(9-10)12(18)15-7-4-14-5-8-15/h10,14H,2-9H2,1H3,(H,13,17). The SMILES string of the molecule is CNC(=O)C1CCCN(C(=O)N2CCNCC2)C1. The summed E-state index contributed by atoms with van der Waals surface area (Å²) in [4.78, 5) is 27.6. The summed E-state index contributed by atoms with van der Waals surface area (Å²) in [6.07, 6.45) is 1.79. The van der Waals surface area contributed by atoms with Gasteiger partial charge in [0, 0.05) is 46.3 Å². The first-order chi connectivity index (χ1) is 8.72. The Kier molecular flexibility index (Phi) is 4.41. The van der Waals surface area contributed by atoms with E-state index >= 15 is 0 Å². The second kappa shape index (κ2) is 6.04. The van der Waals surface area contributed by atoms with Gasteiger partial charge in [-0.05, 0) is 12.8 Å². The van der Waals surface area contributed by atoms with Crippen LogP contribution in [-0.4, -0.2) is 68.1 Å². The summed E-state index contributed by atoms with van der Waals surface area (Å²) >= 11 is 0. The van der Waals surface area contributed by atoms with Crippen LogP contribution in [0.3, 0.4) is 0 Å². The monoisotopic (exact) mass is 254 g/mol. The summed E-state index contributed by atoms with van der Waals surface area (Å²) in [6, 6.07) is 0.0881. The number of carbonyl (C=O) groups is 2. The van der Waals surface area contributed by atoms with E-state index in [0.29, 0.717) is 6.54 Å². The molecule has 18 heavy (non-hydrogen) atoms. The summed E-state index contributed by atoms with van der Waals surface area (Å²) in [6.45, 7) is 4.58. The van der Waals surface area contributed by atoms with E-state index in [1.807, 2.05) is 9.80 Å². The molecule has 2 heterocycles. The van der Waals surface area contributed by atoms with Gasteiger partial charge in [0.15, 0.2) is 0 Å². The highest BCUT2D eigenvalue weighted by atomic mass is 16.2. The normalized spacial score (nSPS) is 24.8. The molecule has 0 aromatic heterocycles. The number of amides is 3. The lowest BCUT2D eigenvalue weighted by atomic mass is 9.97. The van der Waals surface area contributed by atoms with E-state index in [0.717, 1.165) is 45.6 Å². The number of urea groups is 1. The number of hydrogen-bond acceptors (Lipinski definition) is 3. The van der Waals surface area contributed by atoms with Crippen molar-refractivity contribution >= 4 is 11.9 Å². The Balaban J connectivity index is 1.91. The molecular weight excluding hydrogens is 232 g/mol. The van der Waals surface area contributed by atoms with E-state index in [-0.39, 0.29) is 17.9 Å². The Hall–Kier alpha value is -1.30. The van der Waals surface area contributed by atoms with Gasteiger partial charge in [-0.25, -0.2) is 4.79 Å². The van der Waals surface area contributed by atoms with Gasteiger partial charge in [0.1, 0.15) is 0 Å². The van der Waals surface area contributed by atoms with Gasteiger partial charge in [-0.15, -0.1) is 0 Å². The Morgan fingerprint density at radius 2 is 1.89 bits per heavy atom. The summed E-state index contributed by atoms with van der Waals surface area (Å²) in [5.74, 6) is 0.00317. The number of hydrogen-bond donors (Lipinski definition) is 2. The third-order valence-electron chi connectivity index (χ3n) is 3.70. The minimum Gasteiger partial charge on any atom is -0.359 e. The van der Waals surface area contributed by atoms with E-state index in [9.17, 15) is 9.59 Å². The van der Waals surface area contributed by atoms with E-state index in [1.165, 1.54) is 0 Å². The molecule has 2 fully saturated rings. The summed E-state index contributed by atoms with van der Waals surface area (Å²) in [5, 5.41) is 5.91. The maximum atomic E-state index is 12.3. The van der Waals surface area contributed by atoms with Gasteiger partial charge in [-0.1, -0.05) is 0 Å². The highest BCUT2D eigenvalue weighted by Gasteiger charge is 2.30. The fourth-order valence-corrected chi connectivity index (χ4v) is 2.63. The van der Waals surface area contributed by atoms with E-state index in [4.69, 9.17) is 0 Å². The van der Waals surface area contributed by atoms with Crippen LogP contribution in [0.25, 0.3) is 0 Å². The van der Waals surface area contributed by atoms with Crippen LogP contribution >= 0.6 is 0 Å². The van der Waals surface area contributed by atoms with Crippen LogP contribution in [0.2, 0.25) is 0 Å². The first kappa shape index (κ1) is 13.1. The smallest absolute Gasteiger partial charge is 0.320 e. The van der Waals surface area contributed by atoms with Gasteiger partial charge in [-0.2, -0.15) is 0 Å². The third-order valence-corrected chi connectivity index (χ3v) is 3.70. The molecule has 1 unspecified atom stereocenters. The second-order valence-electron chi connectivity index (χ2n) is 4.92. The minimum atomic E-state index is -0.0457. The number of rotatable bonds is 1. The highest BCUT2D eigenvalue weighted by molar-refractivity contribution is 5.80. The Bertz CT molecular complexity index is 315. The molecular formula is C12H22N4O2. The van der Waals surface area contributed by atoms with Crippen LogP contribution in [0.15, 0.2) is 0 Å². The van der Waals surface area contributed by atoms with E-state index in [2.05, 4.69) is 10.6 Å². The molecule has 0 aliphatic carbocycles. The fourth-order valence-electron chi connectivity index (χ4n) is 2.63. The Labute approximate surface area is 108 Å². The highest BCUT2D eigenvalue weighted by Crippen LogP contribution is 2.18. The van der Waals surface area contributed by atoms with Crippen molar-refractivity contribution in [2.24, 2.45) is 5.92 Å². The minimum absolute atomic E-state index is 0.0457. The summed E-state index contributed by atoms with van der Waals surface area (Å²) in [5.41, 5.74) is 0. The van der Waals surface area contributed by atoms with Crippen molar-refractivity contribution < 1.29 is 9.59 Å². The van der Waals surface area contributed by atoms with Gasteiger partial charge in [-0.3, -0.25) is 4.79 Å². The molecule has 0 bridgehead atoms. The van der Waals surface area contributed by atoms with Gasteiger partial charge in [0.05, 0.1) is 5.92 Å². The van der Waals surface area contributed by atoms with Crippen LogP contribution in [0.1, 0.15) is 12.8 Å². The number of piperazine rings is 1. The predicted molar refractivity (Wildman–Crippen MR) is 68.2 cm³/mol. The molecule has 1 atom stereocenters. The largest absolute Gasteiger partial charge is 0.359 e. The molecule has 0 aromatic carbocycles. The first-order valence-corrected chi connectivity index (χ1v) is 6.68. The summed E-state index contributed by atoms with van der Waals surface area (Å²) < 4.78 is 0. The average Bonchev–Trinajstić information content (AvgIpc) is 2.46. The Morgan fingerprint density at radius 1 is 1.17 bits per heavy atom. The van der Waals surface area contributed by atoms with Crippen molar-refractivity contribution in [3.63, 3.8) is 0 Å². The lowest BCUT2D eigenvalue weighted by Crippen LogP contribution is -2.54. The Morgan fingerprint density at radius 3 is 2.56 bits per heavy atom. The molecule has 2 rings (SSSR count).